The molecule has 0 spiro atoms. The lowest BCUT2D eigenvalue weighted by Crippen LogP contribution is -2.42. The molecule has 0 saturated heterocycles. The summed E-state index contributed by atoms with van der Waals surface area (Å²) in [4.78, 5) is 9.31. The molecule has 0 aliphatic carbocycles. The summed E-state index contributed by atoms with van der Waals surface area (Å²) in [5, 5.41) is 6.83. The molecule has 1 unspecified atom stereocenters. The van der Waals surface area contributed by atoms with E-state index in [9.17, 15) is 0 Å². The molecule has 0 aromatic carbocycles. The second kappa shape index (κ2) is 9.96. The molecule has 0 saturated carbocycles. The van der Waals surface area contributed by atoms with Gasteiger partial charge in [0.2, 0.25) is 0 Å². The van der Waals surface area contributed by atoms with Crippen molar-refractivity contribution in [3.8, 4) is 0 Å². The summed E-state index contributed by atoms with van der Waals surface area (Å²) >= 11 is 0. The second-order valence-electron chi connectivity index (χ2n) is 6.25. The van der Waals surface area contributed by atoms with Crippen LogP contribution in [-0.4, -0.2) is 34.5 Å². The Morgan fingerprint density at radius 1 is 1.29 bits per heavy atom. The van der Waals surface area contributed by atoms with Crippen molar-refractivity contribution >= 4 is 11.6 Å². The first kappa shape index (κ1) is 18.3. The summed E-state index contributed by atoms with van der Waals surface area (Å²) in [6, 6.07) is 6.50. The number of guanidine groups is 1. The number of nitrogens with one attached hydrogen (secondary N) is 2. The van der Waals surface area contributed by atoms with E-state index in [1.165, 1.54) is 25.7 Å². The Hall–Kier alpha value is -2.04. The lowest BCUT2D eigenvalue weighted by Gasteiger charge is -2.17. The Balaban J connectivity index is 1.85. The molecule has 0 radical (unpaired) electrons. The molecular weight excluding hydrogens is 298 g/mol. The first-order valence-corrected chi connectivity index (χ1v) is 9.20. The molecule has 0 aliphatic rings. The van der Waals surface area contributed by atoms with Crippen molar-refractivity contribution in [2.24, 2.45) is 4.99 Å². The molecule has 5 nitrogen and oxygen atoms in total. The molecular formula is C19H31N5. The number of unbranched alkanes of at least 4 members (excludes halogenated alkanes) is 2. The Morgan fingerprint density at radius 3 is 2.92 bits per heavy atom. The highest BCUT2D eigenvalue weighted by molar-refractivity contribution is 5.80. The average Bonchev–Trinajstić information content (AvgIpc) is 2.98. The van der Waals surface area contributed by atoms with Gasteiger partial charge in [-0.3, -0.25) is 4.99 Å². The number of fused-ring (bicyclic) bond motifs is 1. The standard InChI is InChI=1S/C19H31N5/c1-4-6-7-10-16(3)22-19(20-5-2)21-13-12-17-15-24-14-9-8-11-18(24)23-17/h8-9,11,14-16H,4-7,10,12-13H2,1-3H3,(H2,20,21,22). The number of rotatable bonds is 9. The lowest BCUT2D eigenvalue weighted by atomic mass is 10.1. The van der Waals surface area contributed by atoms with Crippen LogP contribution in [-0.2, 0) is 6.42 Å². The van der Waals surface area contributed by atoms with Crippen molar-refractivity contribution in [1.82, 2.24) is 20.0 Å². The van der Waals surface area contributed by atoms with Crippen molar-refractivity contribution in [2.75, 3.05) is 13.1 Å². The highest BCUT2D eigenvalue weighted by Gasteiger charge is 2.05. The SMILES string of the molecule is CCCCCC(C)NC(=NCCc1cn2ccccc2n1)NCC. The molecule has 2 aromatic rings. The Kier molecular flexibility index (Phi) is 7.59. The molecule has 2 aromatic heterocycles. The number of pyridine rings is 1. The van der Waals surface area contributed by atoms with Crippen LogP contribution in [0.25, 0.3) is 5.65 Å². The van der Waals surface area contributed by atoms with Gasteiger partial charge in [0.15, 0.2) is 5.96 Å². The molecule has 1 atom stereocenters. The molecule has 0 fully saturated rings. The van der Waals surface area contributed by atoms with Crippen LogP contribution in [0.1, 0.15) is 52.1 Å². The number of nitrogens with zero attached hydrogens (tertiary/aromatic N) is 3. The smallest absolute Gasteiger partial charge is 0.191 e. The Bertz CT molecular complexity index is 598. The topological polar surface area (TPSA) is 53.7 Å². The fraction of sp³-hybridized carbons (Fsp3) is 0.579. The molecule has 2 heterocycles. The number of hydrogen-bond acceptors (Lipinski definition) is 2. The van der Waals surface area contributed by atoms with Gasteiger partial charge in [-0.15, -0.1) is 0 Å². The van der Waals surface area contributed by atoms with Crippen LogP contribution in [0.4, 0.5) is 0 Å². The van der Waals surface area contributed by atoms with Gasteiger partial charge in [-0.05, 0) is 32.4 Å². The van der Waals surface area contributed by atoms with E-state index in [2.05, 4.69) is 47.0 Å². The third kappa shape index (κ3) is 5.87. The largest absolute Gasteiger partial charge is 0.357 e. The first-order chi connectivity index (χ1) is 11.7. The van der Waals surface area contributed by atoms with Gasteiger partial charge >= 0.3 is 0 Å². The zero-order valence-electron chi connectivity index (χ0n) is 15.3. The highest BCUT2D eigenvalue weighted by atomic mass is 15.2. The molecule has 5 heteroatoms. The summed E-state index contributed by atoms with van der Waals surface area (Å²) in [5.41, 5.74) is 2.07. The number of aromatic nitrogens is 2. The fourth-order valence-electron chi connectivity index (χ4n) is 2.72. The van der Waals surface area contributed by atoms with E-state index in [1.54, 1.807) is 0 Å². The highest BCUT2D eigenvalue weighted by Crippen LogP contribution is 2.05. The van der Waals surface area contributed by atoms with E-state index in [0.717, 1.165) is 36.8 Å². The summed E-state index contributed by atoms with van der Waals surface area (Å²) in [7, 11) is 0. The maximum Gasteiger partial charge on any atom is 0.191 e. The van der Waals surface area contributed by atoms with E-state index >= 15 is 0 Å². The predicted molar refractivity (Wildman–Crippen MR) is 102 cm³/mol. The summed E-state index contributed by atoms with van der Waals surface area (Å²) in [6.07, 6.45) is 9.98. The van der Waals surface area contributed by atoms with E-state index in [-0.39, 0.29) is 0 Å². The van der Waals surface area contributed by atoms with Crippen LogP contribution in [0.2, 0.25) is 0 Å². The van der Waals surface area contributed by atoms with Crippen LogP contribution in [0, 0.1) is 0 Å². The zero-order valence-corrected chi connectivity index (χ0v) is 15.3. The maximum atomic E-state index is 4.69. The number of hydrogen-bond donors (Lipinski definition) is 2. The normalized spacial score (nSPS) is 13.2. The molecule has 132 valence electrons. The van der Waals surface area contributed by atoms with Crippen LogP contribution < -0.4 is 10.6 Å². The van der Waals surface area contributed by atoms with Crippen molar-refractivity contribution < 1.29 is 0 Å². The van der Waals surface area contributed by atoms with Crippen molar-refractivity contribution in [3.05, 3.63) is 36.3 Å². The van der Waals surface area contributed by atoms with Gasteiger partial charge in [0, 0.05) is 37.9 Å². The Labute approximate surface area is 145 Å². The van der Waals surface area contributed by atoms with Crippen LogP contribution in [0.15, 0.2) is 35.6 Å². The quantitative estimate of drug-likeness (QED) is 0.421. The Morgan fingerprint density at radius 2 is 2.17 bits per heavy atom. The van der Waals surface area contributed by atoms with Crippen LogP contribution >= 0.6 is 0 Å². The molecule has 2 N–H and O–H groups in total. The lowest BCUT2D eigenvalue weighted by molar-refractivity contribution is 0.547. The van der Waals surface area contributed by atoms with E-state index in [1.807, 2.05) is 24.4 Å². The number of imidazole rings is 1. The third-order valence-corrected chi connectivity index (χ3v) is 4.02. The summed E-state index contributed by atoms with van der Waals surface area (Å²) in [5.74, 6) is 0.908. The van der Waals surface area contributed by atoms with Gasteiger partial charge in [-0.1, -0.05) is 32.3 Å². The van der Waals surface area contributed by atoms with Gasteiger partial charge < -0.3 is 15.0 Å². The molecule has 0 bridgehead atoms. The number of aliphatic imine (C=N–C) groups is 1. The summed E-state index contributed by atoms with van der Waals surface area (Å²) in [6.45, 7) is 8.18. The molecule has 0 amide bonds. The van der Waals surface area contributed by atoms with Crippen LogP contribution in [0.3, 0.4) is 0 Å². The van der Waals surface area contributed by atoms with E-state index < -0.39 is 0 Å². The third-order valence-electron chi connectivity index (χ3n) is 4.02. The average molecular weight is 329 g/mol. The molecule has 2 rings (SSSR count). The van der Waals surface area contributed by atoms with Gasteiger partial charge in [0.25, 0.3) is 0 Å². The van der Waals surface area contributed by atoms with Crippen molar-refractivity contribution in [2.45, 2.75) is 58.9 Å². The zero-order chi connectivity index (χ0) is 17.2. The fourth-order valence-corrected chi connectivity index (χ4v) is 2.72. The minimum absolute atomic E-state index is 0.449. The molecule has 0 aliphatic heterocycles. The van der Waals surface area contributed by atoms with Gasteiger partial charge in [0.05, 0.1) is 5.69 Å². The second-order valence-corrected chi connectivity index (χ2v) is 6.25. The maximum absolute atomic E-state index is 4.69. The van der Waals surface area contributed by atoms with E-state index in [0.29, 0.717) is 6.04 Å². The minimum Gasteiger partial charge on any atom is -0.357 e. The van der Waals surface area contributed by atoms with Crippen LogP contribution in [0.5, 0.6) is 0 Å². The van der Waals surface area contributed by atoms with Gasteiger partial charge in [-0.25, -0.2) is 4.98 Å². The van der Waals surface area contributed by atoms with Gasteiger partial charge in [0.1, 0.15) is 5.65 Å². The van der Waals surface area contributed by atoms with Crippen molar-refractivity contribution in [1.29, 1.82) is 0 Å². The van der Waals surface area contributed by atoms with Crippen molar-refractivity contribution in [3.63, 3.8) is 0 Å². The first-order valence-electron chi connectivity index (χ1n) is 9.20. The molecule has 24 heavy (non-hydrogen) atoms. The minimum atomic E-state index is 0.449. The predicted octanol–water partition coefficient (Wildman–Crippen LogP) is 3.40. The van der Waals surface area contributed by atoms with Gasteiger partial charge in [-0.2, -0.15) is 0 Å². The monoisotopic (exact) mass is 329 g/mol. The van der Waals surface area contributed by atoms with E-state index in [4.69, 9.17) is 4.99 Å². The summed E-state index contributed by atoms with van der Waals surface area (Å²) < 4.78 is 2.05.